The molecule has 0 amide bonds. The highest BCUT2D eigenvalue weighted by molar-refractivity contribution is 7.99. The first kappa shape index (κ1) is 17.5. The quantitative estimate of drug-likeness (QED) is 0.377. The molecular formula is C10H5Cl2F6NS. The number of hydrogen-bond donors (Lipinski definition) is 0. The lowest BCUT2D eigenvalue weighted by atomic mass is 10.3. The second-order valence-corrected chi connectivity index (χ2v) is 5.20. The molecule has 0 aliphatic heterocycles. The molecule has 1 nitrogen and oxygen atoms in total. The van der Waals surface area contributed by atoms with Crippen LogP contribution in [0.5, 0.6) is 0 Å². The molecule has 0 radical (unpaired) electrons. The average Bonchev–Trinajstić information content (AvgIpc) is 2.27. The number of hydrogen-bond acceptors (Lipinski definition) is 2. The molecule has 1 rings (SSSR count). The Morgan fingerprint density at radius 1 is 1.15 bits per heavy atom. The molecule has 1 aromatic rings. The standard InChI is InChI=1S/C10H5Cl2F6NS/c11-6-2-1-5(19-8(12)10(16,17)18)3-7(6)20-4-9(13,14)15/h1-3H,4H2/b19-8+. The Labute approximate surface area is 124 Å². The number of rotatable bonds is 3. The van der Waals surface area contributed by atoms with Crippen molar-refractivity contribution in [2.75, 3.05) is 5.75 Å². The Balaban J connectivity index is 2.97. The fourth-order valence-electron chi connectivity index (χ4n) is 1.01. The minimum atomic E-state index is -4.82. The normalized spacial score (nSPS) is 13.7. The molecule has 0 saturated heterocycles. The van der Waals surface area contributed by atoms with Crippen LogP contribution in [0.25, 0.3) is 0 Å². The van der Waals surface area contributed by atoms with Gasteiger partial charge in [-0.3, -0.25) is 0 Å². The summed E-state index contributed by atoms with van der Waals surface area (Å²) < 4.78 is 72.8. The SMILES string of the molecule is FC(F)(F)CSc1cc(/N=C(/Cl)C(F)(F)F)ccc1Cl. The van der Waals surface area contributed by atoms with Crippen molar-refractivity contribution in [1.82, 2.24) is 0 Å². The van der Waals surface area contributed by atoms with E-state index < -0.39 is 23.3 Å². The van der Waals surface area contributed by atoms with Crippen LogP contribution in [0, 0.1) is 0 Å². The van der Waals surface area contributed by atoms with Crippen molar-refractivity contribution in [1.29, 1.82) is 0 Å². The smallest absolute Gasteiger partial charge is 0.232 e. The third-order valence-corrected chi connectivity index (χ3v) is 3.63. The van der Waals surface area contributed by atoms with Gasteiger partial charge >= 0.3 is 12.4 Å². The van der Waals surface area contributed by atoms with E-state index in [0.29, 0.717) is 11.8 Å². The molecule has 0 fully saturated rings. The summed E-state index contributed by atoms with van der Waals surface area (Å²) in [4.78, 5) is 3.05. The summed E-state index contributed by atoms with van der Waals surface area (Å²) in [5, 5.41) is -1.63. The first-order valence-electron chi connectivity index (χ1n) is 4.79. The van der Waals surface area contributed by atoms with Crippen LogP contribution in [0.1, 0.15) is 0 Å². The molecule has 0 saturated carbocycles. The highest BCUT2D eigenvalue weighted by Crippen LogP contribution is 2.35. The van der Waals surface area contributed by atoms with Gasteiger partial charge in [-0.1, -0.05) is 23.2 Å². The van der Waals surface area contributed by atoms with E-state index in [0.717, 1.165) is 18.2 Å². The van der Waals surface area contributed by atoms with Crippen LogP contribution in [0.3, 0.4) is 0 Å². The molecule has 10 heteroatoms. The van der Waals surface area contributed by atoms with E-state index in [1.807, 2.05) is 0 Å². The zero-order valence-corrected chi connectivity index (χ0v) is 11.6. The summed E-state index contributed by atoms with van der Waals surface area (Å²) in [5.74, 6) is -1.22. The van der Waals surface area contributed by atoms with E-state index in [4.69, 9.17) is 23.2 Å². The molecule has 0 aliphatic carbocycles. The van der Waals surface area contributed by atoms with Crippen LogP contribution in [-0.2, 0) is 0 Å². The Morgan fingerprint density at radius 3 is 2.25 bits per heavy atom. The number of halogens is 8. The van der Waals surface area contributed by atoms with E-state index >= 15 is 0 Å². The zero-order chi connectivity index (χ0) is 15.6. The lowest BCUT2D eigenvalue weighted by Crippen LogP contribution is -2.16. The fourth-order valence-corrected chi connectivity index (χ4v) is 2.12. The second kappa shape index (κ2) is 6.44. The van der Waals surface area contributed by atoms with Crippen molar-refractivity contribution >= 4 is 45.8 Å². The minimum Gasteiger partial charge on any atom is -0.232 e. The maximum atomic E-state index is 12.2. The predicted molar refractivity (Wildman–Crippen MR) is 67.2 cm³/mol. The lowest BCUT2D eigenvalue weighted by molar-refractivity contribution is -0.105. The number of nitrogens with zero attached hydrogens (tertiary/aromatic N) is 1. The maximum Gasteiger partial charge on any atom is 0.444 e. The highest BCUT2D eigenvalue weighted by atomic mass is 35.5. The van der Waals surface area contributed by atoms with Gasteiger partial charge in [0.25, 0.3) is 0 Å². The Hall–Kier alpha value is -0.600. The molecular weight excluding hydrogens is 351 g/mol. The first-order valence-corrected chi connectivity index (χ1v) is 6.53. The van der Waals surface area contributed by atoms with Gasteiger partial charge < -0.3 is 0 Å². The number of benzene rings is 1. The van der Waals surface area contributed by atoms with E-state index in [1.54, 1.807) is 0 Å². The van der Waals surface area contributed by atoms with Crippen LogP contribution in [0.4, 0.5) is 32.0 Å². The van der Waals surface area contributed by atoms with Crippen molar-refractivity contribution < 1.29 is 26.3 Å². The van der Waals surface area contributed by atoms with Gasteiger partial charge in [0.1, 0.15) is 0 Å². The van der Waals surface area contributed by atoms with Crippen LogP contribution < -0.4 is 0 Å². The Morgan fingerprint density at radius 2 is 1.75 bits per heavy atom. The second-order valence-electron chi connectivity index (χ2n) is 3.42. The molecule has 0 bridgehead atoms. The summed E-state index contributed by atoms with van der Waals surface area (Å²) in [5.41, 5.74) is -0.235. The van der Waals surface area contributed by atoms with E-state index in [-0.39, 0.29) is 15.6 Å². The predicted octanol–water partition coefficient (Wildman–Crippen LogP) is 5.83. The van der Waals surface area contributed by atoms with Crippen molar-refractivity contribution in [2.45, 2.75) is 17.2 Å². The fraction of sp³-hybridized carbons (Fsp3) is 0.300. The van der Waals surface area contributed by atoms with Crippen molar-refractivity contribution in [3.63, 3.8) is 0 Å². The van der Waals surface area contributed by atoms with Gasteiger partial charge in [-0.05, 0) is 18.2 Å². The van der Waals surface area contributed by atoms with Gasteiger partial charge in [0, 0.05) is 4.90 Å². The molecule has 0 aromatic heterocycles. The number of alkyl halides is 6. The number of aliphatic imine (C=N–C) groups is 1. The monoisotopic (exact) mass is 355 g/mol. The van der Waals surface area contributed by atoms with Crippen molar-refractivity contribution in [3.05, 3.63) is 23.2 Å². The summed E-state index contributed by atoms with van der Waals surface area (Å²) in [6.07, 6.45) is -9.24. The molecule has 0 unspecified atom stereocenters. The molecule has 0 N–H and O–H groups in total. The maximum absolute atomic E-state index is 12.2. The topological polar surface area (TPSA) is 12.4 Å². The Bertz CT molecular complexity index is 511. The molecule has 1 aromatic carbocycles. The first-order chi connectivity index (χ1) is 8.99. The average molecular weight is 356 g/mol. The van der Waals surface area contributed by atoms with E-state index in [1.165, 1.54) is 0 Å². The van der Waals surface area contributed by atoms with E-state index in [9.17, 15) is 26.3 Å². The van der Waals surface area contributed by atoms with Gasteiger partial charge in [-0.15, -0.1) is 11.8 Å². The van der Waals surface area contributed by atoms with Crippen molar-refractivity contribution in [2.24, 2.45) is 4.99 Å². The molecule has 112 valence electrons. The van der Waals surface area contributed by atoms with Gasteiger partial charge in [-0.2, -0.15) is 26.3 Å². The van der Waals surface area contributed by atoms with Gasteiger partial charge in [0.05, 0.1) is 16.5 Å². The molecule has 0 atom stereocenters. The summed E-state index contributed by atoms with van der Waals surface area (Å²) in [6, 6.07) is 3.28. The summed E-state index contributed by atoms with van der Waals surface area (Å²) in [7, 11) is 0. The van der Waals surface area contributed by atoms with Gasteiger partial charge in [0.2, 0.25) is 5.17 Å². The van der Waals surface area contributed by atoms with Crippen LogP contribution in [0.15, 0.2) is 28.1 Å². The van der Waals surface area contributed by atoms with Gasteiger partial charge in [0.15, 0.2) is 0 Å². The highest BCUT2D eigenvalue weighted by Gasteiger charge is 2.34. The number of thioether (sulfide) groups is 1. The largest absolute Gasteiger partial charge is 0.444 e. The summed E-state index contributed by atoms with van der Waals surface area (Å²) >= 11 is 11.0. The van der Waals surface area contributed by atoms with Crippen molar-refractivity contribution in [3.8, 4) is 0 Å². The molecule has 20 heavy (non-hydrogen) atoms. The van der Waals surface area contributed by atoms with Crippen LogP contribution in [0.2, 0.25) is 5.02 Å². The summed E-state index contributed by atoms with van der Waals surface area (Å²) in [6.45, 7) is 0. The molecule has 0 heterocycles. The van der Waals surface area contributed by atoms with Crippen LogP contribution >= 0.6 is 35.0 Å². The Kier molecular flexibility index (Phi) is 5.62. The lowest BCUT2D eigenvalue weighted by Gasteiger charge is -2.08. The molecule has 0 aliphatic rings. The van der Waals surface area contributed by atoms with Gasteiger partial charge in [-0.25, -0.2) is 4.99 Å². The third kappa shape index (κ3) is 5.80. The molecule has 0 spiro atoms. The van der Waals surface area contributed by atoms with E-state index in [2.05, 4.69) is 4.99 Å². The third-order valence-electron chi connectivity index (χ3n) is 1.77. The van der Waals surface area contributed by atoms with Crippen LogP contribution in [-0.4, -0.2) is 23.3 Å². The zero-order valence-electron chi connectivity index (χ0n) is 9.32. The minimum absolute atomic E-state index is 0.0127.